The fourth-order valence-corrected chi connectivity index (χ4v) is 4.96. The third kappa shape index (κ3) is 7.23. The van der Waals surface area contributed by atoms with Crippen LogP contribution in [0.1, 0.15) is 75.7 Å². The largest absolute Gasteiger partial charge is 0.496 e. The van der Waals surface area contributed by atoms with Crippen molar-refractivity contribution in [2.45, 2.75) is 77.8 Å². The van der Waals surface area contributed by atoms with Crippen LogP contribution in [0.5, 0.6) is 11.5 Å². The van der Waals surface area contributed by atoms with Crippen molar-refractivity contribution in [3.05, 3.63) is 30.0 Å². The summed E-state index contributed by atoms with van der Waals surface area (Å²) >= 11 is 0. The molecule has 1 aromatic heterocycles. The number of methoxy groups -OCH3 is 2. The van der Waals surface area contributed by atoms with Gasteiger partial charge >= 0.3 is 0 Å². The molecule has 3 rings (SSSR count). The Kier molecular flexibility index (Phi) is 9.57. The van der Waals surface area contributed by atoms with Crippen molar-refractivity contribution in [2.24, 2.45) is 17.6 Å². The Morgan fingerprint density at radius 1 is 1.14 bits per heavy atom. The lowest BCUT2D eigenvalue weighted by molar-refractivity contribution is -0.118. The summed E-state index contributed by atoms with van der Waals surface area (Å²) in [5, 5.41) is 7.67. The smallest absolute Gasteiger partial charge is 0.272 e. The van der Waals surface area contributed by atoms with Gasteiger partial charge in [-0.05, 0) is 42.9 Å². The van der Waals surface area contributed by atoms with Crippen LogP contribution in [0.3, 0.4) is 0 Å². The second kappa shape index (κ2) is 12.6. The number of rotatable bonds is 12. The Labute approximate surface area is 208 Å². The van der Waals surface area contributed by atoms with Crippen LogP contribution in [0.2, 0.25) is 0 Å². The summed E-state index contributed by atoms with van der Waals surface area (Å²) in [6, 6.07) is 7.04. The highest BCUT2D eigenvalue weighted by molar-refractivity contribution is 5.94. The van der Waals surface area contributed by atoms with Gasteiger partial charge in [0.1, 0.15) is 11.5 Å². The maximum absolute atomic E-state index is 13.3. The Morgan fingerprint density at radius 2 is 1.80 bits per heavy atom. The fraction of sp³-hybridized carbons (Fsp3) is 0.593. The Morgan fingerprint density at radius 3 is 2.37 bits per heavy atom. The molecule has 1 fully saturated rings. The summed E-state index contributed by atoms with van der Waals surface area (Å²) in [4.78, 5) is 25.0. The summed E-state index contributed by atoms with van der Waals surface area (Å²) in [5.74, 6) is 1.52. The lowest BCUT2D eigenvalue weighted by Gasteiger charge is -2.24. The first-order valence-corrected chi connectivity index (χ1v) is 12.7. The molecule has 0 radical (unpaired) electrons. The number of nitrogens with two attached hydrogens (primary N) is 1. The van der Waals surface area contributed by atoms with E-state index in [0.29, 0.717) is 35.6 Å². The Hall–Kier alpha value is -3.03. The highest BCUT2D eigenvalue weighted by Gasteiger charge is 2.24. The van der Waals surface area contributed by atoms with Crippen LogP contribution in [0.4, 0.5) is 0 Å². The monoisotopic (exact) mass is 484 g/mol. The van der Waals surface area contributed by atoms with Crippen LogP contribution in [0.25, 0.3) is 11.3 Å². The molecule has 1 aliphatic carbocycles. The van der Waals surface area contributed by atoms with E-state index < -0.39 is 5.91 Å². The van der Waals surface area contributed by atoms with Gasteiger partial charge in [-0.3, -0.25) is 14.3 Å². The van der Waals surface area contributed by atoms with Gasteiger partial charge in [-0.15, -0.1) is 0 Å². The maximum Gasteiger partial charge on any atom is 0.272 e. The van der Waals surface area contributed by atoms with Gasteiger partial charge in [0.05, 0.1) is 25.5 Å². The van der Waals surface area contributed by atoms with Gasteiger partial charge in [-0.2, -0.15) is 5.10 Å². The van der Waals surface area contributed by atoms with E-state index in [-0.39, 0.29) is 18.4 Å². The number of nitrogens with zero attached hydrogens (tertiary/aromatic N) is 2. The van der Waals surface area contributed by atoms with Crippen LogP contribution in [-0.4, -0.2) is 41.9 Å². The second-order valence-electron chi connectivity index (χ2n) is 9.95. The average molecular weight is 485 g/mol. The molecule has 2 amide bonds. The lowest BCUT2D eigenvalue weighted by atomic mass is 9.85. The van der Waals surface area contributed by atoms with E-state index in [1.807, 2.05) is 22.9 Å². The third-order valence-corrected chi connectivity index (χ3v) is 6.67. The average Bonchev–Trinajstić information content (AvgIpc) is 3.25. The number of hydrogen-bond acceptors (Lipinski definition) is 5. The Bertz CT molecular complexity index is 973. The summed E-state index contributed by atoms with van der Waals surface area (Å²) in [5.41, 5.74) is 7.28. The van der Waals surface area contributed by atoms with Gasteiger partial charge in [-0.25, -0.2) is 0 Å². The molecule has 1 aromatic carbocycles. The van der Waals surface area contributed by atoms with Gasteiger partial charge in [0.25, 0.3) is 5.91 Å². The van der Waals surface area contributed by atoms with Crippen molar-refractivity contribution in [1.82, 2.24) is 15.1 Å². The SMILES string of the molecule is COc1cccc(OC)c1-c1cc(C(=O)N[C@@H](CCC2CCCCC2)CC(N)=O)nn1CC(C)C. The first-order chi connectivity index (χ1) is 16.8. The zero-order chi connectivity index (χ0) is 25.4. The summed E-state index contributed by atoms with van der Waals surface area (Å²) in [7, 11) is 3.21. The van der Waals surface area contributed by atoms with Gasteiger partial charge < -0.3 is 20.5 Å². The van der Waals surface area contributed by atoms with E-state index in [4.69, 9.17) is 15.2 Å². The molecule has 8 heteroatoms. The number of ether oxygens (including phenoxy) is 2. The topological polar surface area (TPSA) is 108 Å². The maximum atomic E-state index is 13.3. The Balaban J connectivity index is 1.85. The predicted molar refractivity (Wildman–Crippen MR) is 136 cm³/mol. The number of aromatic nitrogens is 2. The van der Waals surface area contributed by atoms with Crippen molar-refractivity contribution >= 4 is 11.8 Å². The molecular formula is C27H40N4O4. The molecule has 192 valence electrons. The molecule has 0 saturated heterocycles. The molecule has 0 aliphatic heterocycles. The summed E-state index contributed by atoms with van der Waals surface area (Å²) in [6.07, 6.45) is 8.12. The standard InChI is InChI=1S/C27H40N4O4/c1-18(2)17-31-22(26-23(34-3)11-8-12-24(26)35-4)16-21(30-31)27(33)29-20(15-25(28)32)14-13-19-9-6-5-7-10-19/h8,11-12,16,18-20H,5-7,9-10,13-15,17H2,1-4H3,(H2,28,32)(H,29,33)/t20-/m0/s1. The van der Waals surface area contributed by atoms with Crippen molar-refractivity contribution in [3.63, 3.8) is 0 Å². The number of nitrogens with one attached hydrogen (secondary N) is 1. The quantitative estimate of drug-likeness (QED) is 0.459. The molecule has 3 N–H and O–H groups in total. The van der Waals surface area contributed by atoms with E-state index in [9.17, 15) is 9.59 Å². The van der Waals surface area contributed by atoms with Crippen molar-refractivity contribution in [2.75, 3.05) is 14.2 Å². The molecule has 0 spiro atoms. The zero-order valence-electron chi connectivity index (χ0n) is 21.5. The van der Waals surface area contributed by atoms with Gasteiger partial charge in [-0.1, -0.05) is 52.0 Å². The molecule has 0 unspecified atom stereocenters. The van der Waals surface area contributed by atoms with Gasteiger partial charge in [0.15, 0.2) is 5.69 Å². The van der Waals surface area contributed by atoms with Crippen LogP contribution in [-0.2, 0) is 11.3 Å². The number of carbonyl (C=O) groups is 2. The predicted octanol–water partition coefficient (Wildman–Crippen LogP) is 4.56. The fourth-order valence-electron chi connectivity index (χ4n) is 4.96. The van der Waals surface area contributed by atoms with Crippen molar-refractivity contribution in [1.29, 1.82) is 0 Å². The van der Waals surface area contributed by atoms with Gasteiger partial charge in [0, 0.05) is 19.0 Å². The van der Waals surface area contributed by atoms with E-state index in [1.54, 1.807) is 20.3 Å². The molecule has 1 aliphatic rings. The van der Waals surface area contributed by atoms with Crippen LogP contribution in [0.15, 0.2) is 24.3 Å². The third-order valence-electron chi connectivity index (χ3n) is 6.67. The van der Waals surface area contributed by atoms with Crippen LogP contribution in [0, 0.1) is 11.8 Å². The molecule has 1 heterocycles. The molecule has 1 saturated carbocycles. The highest BCUT2D eigenvalue weighted by atomic mass is 16.5. The first kappa shape index (κ1) is 26.6. The minimum atomic E-state index is -0.413. The minimum Gasteiger partial charge on any atom is -0.496 e. The molecule has 0 bridgehead atoms. The molecular weight excluding hydrogens is 444 g/mol. The molecule has 8 nitrogen and oxygen atoms in total. The van der Waals surface area contributed by atoms with Crippen LogP contribution >= 0.6 is 0 Å². The van der Waals surface area contributed by atoms with E-state index in [2.05, 4.69) is 24.3 Å². The lowest BCUT2D eigenvalue weighted by Crippen LogP contribution is -2.38. The number of carbonyl (C=O) groups excluding carboxylic acids is 2. The molecule has 1 atom stereocenters. The van der Waals surface area contributed by atoms with Crippen molar-refractivity contribution in [3.8, 4) is 22.8 Å². The zero-order valence-corrected chi connectivity index (χ0v) is 21.5. The van der Waals surface area contributed by atoms with E-state index in [1.165, 1.54) is 32.1 Å². The summed E-state index contributed by atoms with van der Waals surface area (Å²) < 4.78 is 13.0. The van der Waals surface area contributed by atoms with E-state index in [0.717, 1.165) is 24.1 Å². The van der Waals surface area contributed by atoms with Crippen molar-refractivity contribution < 1.29 is 19.1 Å². The number of benzene rings is 1. The second-order valence-corrected chi connectivity index (χ2v) is 9.95. The first-order valence-electron chi connectivity index (χ1n) is 12.7. The minimum absolute atomic E-state index is 0.123. The molecule has 35 heavy (non-hydrogen) atoms. The summed E-state index contributed by atoms with van der Waals surface area (Å²) in [6.45, 7) is 4.81. The van der Waals surface area contributed by atoms with E-state index >= 15 is 0 Å². The normalized spacial score (nSPS) is 15.1. The number of hydrogen-bond donors (Lipinski definition) is 2. The number of amides is 2. The number of primary amides is 1. The van der Waals surface area contributed by atoms with Gasteiger partial charge in [0.2, 0.25) is 5.91 Å². The highest BCUT2D eigenvalue weighted by Crippen LogP contribution is 2.39. The van der Waals surface area contributed by atoms with Crippen LogP contribution < -0.4 is 20.5 Å². The molecule has 2 aromatic rings.